The van der Waals surface area contributed by atoms with Gasteiger partial charge >= 0.3 is 0 Å². The maximum atomic E-state index is 6.02. The summed E-state index contributed by atoms with van der Waals surface area (Å²) >= 11 is 3.46. The van der Waals surface area contributed by atoms with E-state index in [0.29, 0.717) is 6.04 Å². The van der Waals surface area contributed by atoms with Crippen LogP contribution in [0.2, 0.25) is 0 Å². The maximum absolute atomic E-state index is 6.02. The molecule has 3 nitrogen and oxygen atoms in total. The number of benzene rings is 1. The number of nitrogens with one attached hydrogen (secondary N) is 1. The molecule has 1 aliphatic heterocycles. The molecule has 0 bridgehead atoms. The van der Waals surface area contributed by atoms with Gasteiger partial charge in [-0.2, -0.15) is 0 Å². The maximum Gasteiger partial charge on any atom is 0.134 e. The first-order valence-electron chi connectivity index (χ1n) is 7.55. The van der Waals surface area contributed by atoms with Crippen LogP contribution in [0.4, 0.5) is 0 Å². The molecule has 112 valence electrons. The number of likely N-dealkylation sites (N-methyl/N-ethyl adjacent to an activating group) is 1. The van der Waals surface area contributed by atoms with E-state index >= 15 is 0 Å². The highest BCUT2D eigenvalue weighted by Crippen LogP contribution is 2.25. The molecular formula is C17H21BrN2O. The molecule has 0 amide bonds. The normalized spacial score (nSPS) is 18.5. The number of hydrogen-bond donors (Lipinski definition) is 1. The summed E-state index contributed by atoms with van der Waals surface area (Å²) < 4.78 is 7.11. The Hall–Kier alpha value is -1.10. The van der Waals surface area contributed by atoms with Gasteiger partial charge in [0.2, 0.25) is 0 Å². The summed E-state index contributed by atoms with van der Waals surface area (Å²) in [5, 5.41) is 3.43. The van der Waals surface area contributed by atoms with Crippen LogP contribution < -0.4 is 5.32 Å². The second-order valence-electron chi connectivity index (χ2n) is 5.48. The molecule has 1 atom stereocenters. The third-order valence-electron chi connectivity index (χ3n) is 4.11. The summed E-state index contributed by atoms with van der Waals surface area (Å²) in [5.74, 6) is 1.99. The van der Waals surface area contributed by atoms with Crippen molar-refractivity contribution in [2.45, 2.75) is 25.9 Å². The SMILES string of the molecule is CCN(Cc1ccc(-c2ccc(Br)cc2)o1)C1CCNC1. The molecule has 1 N–H and O–H groups in total. The lowest BCUT2D eigenvalue weighted by Gasteiger charge is -2.25. The third-order valence-corrected chi connectivity index (χ3v) is 4.63. The molecule has 1 aromatic heterocycles. The first-order valence-corrected chi connectivity index (χ1v) is 8.35. The van der Waals surface area contributed by atoms with Crippen molar-refractivity contribution >= 4 is 15.9 Å². The molecule has 1 aliphatic rings. The van der Waals surface area contributed by atoms with Gasteiger partial charge in [0, 0.05) is 22.6 Å². The molecular weight excluding hydrogens is 328 g/mol. The molecule has 1 unspecified atom stereocenters. The lowest BCUT2D eigenvalue weighted by atomic mass is 10.2. The average Bonchev–Trinajstić information content (AvgIpc) is 3.17. The Labute approximate surface area is 134 Å². The molecule has 2 heterocycles. The van der Waals surface area contributed by atoms with E-state index in [0.717, 1.165) is 47.7 Å². The van der Waals surface area contributed by atoms with Crippen molar-refractivity contribution in [2.24, 2.45) is 0 Å². The van der Waals surface area contributed by atoms with E-state index in [1.165, 1.54) is 6.42 Å². The van der Waals surface area contributed by atoms with E-state index in [9.17, 15) is 0 Å². The zero-order chi connectivity index (χ0) is 14.7. The summed E-state index contributed by atoms with van der Waals surface area (Å²) in [5.41, 5.74) is 1.12. The van der Waals surface area contributed by atoms with Crippen LogP contribution in [-0.4, -0.2) is 30.6 Å². The van der Waals surface area contributed by atoms with Crippen LogP contribution in [0.1, 0.15) is 19.1 Å². The number of nitrogens with zero attached hydrogens (tertiary/aromatic N) is 1. The van der Waals surface area contributed by atoms with Gasteiger partial charge in [0.1, 0.15) is 11.5 Å². The fraction of sp³-hybridized carbons (Fsp3) is 0.412. The number of halogens is 1. The van der Waals surface area contributed by atoms with Crippen molar-refractivity contribution in [1.29, 1.82) is 0 Å². The van der Waals surface area contributed by atoms with Crippen molar-refractivity contribution in [3.63, 3.8) is 0 Å². The molecule has 3 rings (SSSR count). The number of rotatable bonds is 5. The minimum atomic E-state index is 0.635. The molecule has 1 fully saturated rings. The zero-order valence-electron chi connectivity index (χ0n) is 12.3. The van der Waals surface area contributed by atoms with E-state index in [1.54, 1.807) is 0 Å². The number of hydrogen-bond acceptors (Lipinski definition) is 3. The fourth-order valence-corrected chi connectivity index (χ4v) is 3.15. The van der Waals surface area contributed by atoms with Crippen LogP contribution in [0, 0.1) is 0 Å². The molecule has 1 saturated heterocycles. The van der Waals surface area contributed by atoms with Crippen LogP contribution in [0.5, 0.6) is 0 Å². The first kappa shape index (κ1) is 14.8. The summed E-state index contributed by atoms with van der Waals surface area (Å²) in [6, 6.07) is 13.0. The monoisotopic (exact) mass is 348 g/mol. The van der Waals surface area contributed by atoms with Crippen molar-refractivity contribution in [3.05, 3.63) is 46.6 Å². The van der Waals surface area contributed by atoms with Crippen LogP contribution in [0.15, 0.2) is 45.3 Å². The Kier molecular flexibility index (Phi) is 4.78. The van der Waals surface area contributed by atoms with E-state index in [2.05, 4.69) is 57.3 Å². The van der Waals surface area contributed by atoms with Crippen LogP contribution >= 0.6 is 15.9 Å². The quantitative estimate of drug-likeness (QED) is 0.888. The average molecular weight is 349 g/mol. The summed E-state index contributed by atoms with van der Waals surface area (Å²) in [7, 11) is 0. The minimum absolute atomic E-state index is 0.635. The molecule has 4 heteroatoms. The van der Waals surface area contributed by atoms with Crippen molar-refractivity contribution < 1.29 is 4.42 Å². The standard InChI is InChI=1S/C17H21BrN2O/c1-2-20(15-9-10-19-11-15)12-16-7-8-17(21-16)13-3-5-14(18)6-4-13/h3-8,15,19H,2,9-12H2,1H3. The highest BCUT2D eigenvalue weighted by atomic mass is 79.9. The number of furan rings is 1. The predicted molar refractivity (Wildman–Crippen MR) is 89.2 cm³/mol. The lowest BCUT2D eigenvalue weighted by Crippen LogP contribution is -2.36. The summed E-state index contributed by atoms with van der Waals surface area (Å²) in [6.45, 7) is 6.38. The van der Waals surface area contributed by atoms with Gasteiger partial charge in [0.15, 0.2) is 0 Å². The van der Waals surface area contributed by atoms with E-state index in [4.69, 9.17) is 4.42 Å². The van der Waals surface area contributed by atoms with Gasteiger partial charge in [0.25, 0.3) is 0 Å². The van der Waals surface area contributed by atoms with Crippen LogP contribution in [0.25, 0.3) is 11.3 Å². The van der Waals surface area contributed by atoms with Gasteiger partial charge in [-0.3, -0.25) is 4.90 Å². The van der Waals surface area contributed by atoms with Crippen molar-refractivity contribution in [1.82, 2.24) is 10.2 Å². The lowest BCUT2D eigenvalue weighted by molar-refractivity contribution is 0.195. The summed E-state index contributed by atoms with van der Waals surface area (Å²) in [6.07, 6.45) is 1.23. The predicted octanol–water partition coefficient (Wildman–Crippen LogP) is 3.89. The van der Waals surface area contributed by atoms with Gasteiger partial charge in [0.05, 0.1) is 6.54 Å². The van der Waals surface area contributed by atoms with Gasteiger partial charge in [-0.05, 0) is 43.8 Å². The largest absolute Gasteiger partial charge is 0.460 e. The first-order chi connectivity index (χ1) is 10.3. The van der Waals surface area contributed by atoms with Crippen molar-refractivity contribution in [3.8, 4) is 11.3 Å². The topological polar surface area (TPSA) is 28.4 Å². The molecule has 0 spiro atoms. The second kappa shape index (κ2) is 6.77. The Morgan fingerprint density at radius 1 is 1.24 bits per heavy atom. The fourth-order valence-electron chi connectivity index (χ4n) is 2.88. The van der Waals surface area contributed by atoms with E-state index in [1.807, 2.05) is 12.1 Å². The molecule has 0 aliphatic carbocycles. The van der Waals surface area contributed by atoms with Gasteiger partial charge in [-0.15, -0.1) is 0 Å². The highest BCUT2D eigenvalue weighted by molar-refractivity contribution is 9.10. The van der Waals surface area contributed by atoms with E-state index in [-0.39, 0.29) is 0 Å². The minimum Gasteiger partial charge on any atom is -0.460 e. The zero-order valence-corrected chi connectivity index (χ0v) is 13.9. The van der Waals surface area contributed by atoms with Crippen molar-refractivity contribution in [2.75, 3.05) is 19.6 Å². The Morgan fingerprint density at radius 2 is 2.05 bits per heavy atom. The Bertz CT molecular complexity index is 573. The Morgan fingerprint density at radius 3 is 2.71 bits per heavy atom. The molecule has 1 aromatic carbocycles. The molecule has 0 radical (unpaired) electrons. The molecule has 0 saturated carbocycles. The smallest absolute Gasteiger partial charge is 0.134 e. The molecule has 21 heavy (non-hydrogen) atoms. The van der Waals surface area contributed by atoms with E-state index < -0.39 is 0 Å². The summed E-state index contributed by atoms with van der Waals surface area (Å²) in [4.78, 5) is 2.49. The Balaban J connectivity index is 1.70. The second-order valence-corrected chi connectivity index (χ2v) is 6.40. The highest BCUT2D eigenvalue weighted by Gasteiger charge is 2.22. The van der Waals surface area contributed by atoms with Gasteiger partial charge < -0.3 is 9.73 Å². The van der Waals surface area contributed by atoms with Crippen LogP contribution in [-0.2, 0) is 6.54 Å². The third kappa shape index (κ3) is 3.57. The van der Waals surface area contributed by atoms with Crippen LogP contribution in [0.3, 0.4) is 0 Å². The molecule has 2 aromatic rings. The van der Waals surface area contributed by atoms with Gasteiger partial charge in [-0.1, -0.05) is 35.0 Å². The van der Waals surface area contributed by atoms with Gasteiger partial charge in [-0.25, -0.2) is 0 Å².